The van der Waals surface area contributed by atoms with Crippen molar-refractivity contribution in [1.29, 1.82) is 0 Å². The van der Waals surface area contributed by atoms with Crippen LogP contribution in [0.25, 0.3) is 0 Å². The molecule has 0 spiro atoms. The quantitative estimate of drug-likeness (QED) is 0.324. The van der Waals surface area contributed by atoms with E-state index >= 15 is 0 Å². The Morgan fingerprint density at radius 2 is 2.00 bits per heavy atom. The molecule has 1 atom stereocenters. The summed E-state index contributed by atoms with van der Waals surface area (Å²) in [6.07, 6.45) is 1.14. The number of nitrogens with zero attached hydrogens (tertiary/aromatic N) is 1. The first-order valence-corrected chi connectivity index (χ1v) is 3.43. The maximum absolute atomic E-state index is 10.0. The second-order valence-electron chi connectivity index (χ2n) is 2.11. The first-order valence-electron chi connectivity index (χ1n) is 3.43. The van der Waals surface area contributed by atoms with Gasteiger partial charge in [-0.15, -0.1) is 10.1 Å². The van der Waals surface area contributed by atoms with Crippen LogP contribution in [0, 0.1) is 10.1 Å². The molecule has 0 radical (unpaired) electrons. The lowest BCUT2D eigenvalue weighted by atomic mass is 10.2. The first kappa shape index (κ1) is 14.1. The lowest BCUT2D eigenvalue weighted by molar-refractivity contribution is -0.742. The van der Waals surface area contributed by atoms with Gasteiger partial charge in [-0.1, -0.05) is 0 Å². The van der Waals surface area contributed by atoms with Gasteiger partial charge in [0.05, 0.1) is 0 Å². The summed E-state index contributed by atoms with van der Waals surface area (Å²) in [5, 5.41) is 21.9. The van der Waals surface area contributed by atoms with Gasteiger partial charge >= 0.3 is 5.97 Å². The molecule has 0 aliphatic rings. The van der Waals surface area contributed by atoms with Gasteiger partial charge in [0.15, 0.2) is 0 Å². The number of carbonyl (C=O) groups is 1. The average molecular weight is 195 g/mol. The molecule has 0 aromatic carbocycles. The van der Waals surface area contributed by atoms with E-state index in [0.717, 1.165) is 0 Å². The molecule has 0 unspecified atom stereocenters. The molecule has 13 heavy (non-hydrogen) atoms. The summed E-state index contributed by atoms with van der Waals surface area (Å²) in [7, 11) is 0. The van der Waals surface area contributed by atoms with Crippen LogP contribution in [0.2, 0.25) is 0 Å². The molecule has 0 aliphatic heterocycles. The van der Waals surface area contributed by atoms with Crippen LogP contribution >= 0.6 is 0 Å². The molecule has 0 rings (SSSR count). The molecule has 0 heterocycles. The molecule has 8 nitrogen and oxygen atoms in total. The predicted octanol–water partition coefficient (Wildman–Crippen LogP) is -1.21. The molecule has 0 aromatic rings. The molecule has 6 N–H and O–H groups in total. The number of aliphatic carboxylic acids is 1. The Bertz CT molecular complexity index is 158. The highest BCUT2D eigenvalue weighted by atomic mass is 16.9. The van der Waals surface area contributed by atoms with Crippen LogP contribution in [-0.2, 0) is 4.79 Å². The second-order valence-corrected chi connectivity index (χ2v) is 2.11. The lowest BCUT2D eigenvalue weighted by Gasteiger charge is -2.02. The van der Waals surface area contributed by atoms with Crippen LogP contribution in [0.1, 0.15) is 12.8 Å². The number of nitrogens with two attached hydrogens (primary N) is 2. The molecule has 0 saturated heterocycles. The maximum atomic E-state index is 10.0. The van der Waals surface area contributed by atoms with Crippen LogP contribution in [0.15, 0.2) is 0 Å². The van der Waals surface area contributed by atoms with Crippen molar-refractivity contribution in [2.24, 2.45) is 11.5 Å². The molecular formula is C5H13N3O5. The molecular weight excluding hydrogens is 182 g/mol. The zero-order chi connectivity index (χ0) is 10.9. The summed E-state index contributed by atoms with van der Waals surface area (Å²) in [6.45, 7) is 0.501. The second kappa shape index (κ2) is 8.68. The largest absolute Gasteiger partial charge is 0.480 e. The van der Waals surface area contributed by atoms with Gasteiger partial charge in [0, 0.05) is 0 Å². The number of hydrogen-bond acceptors (Lipinski definition) is 5. The van der Waals surface area contributed by atoms with E-state index in [0.29, 0.717) is 19.4 Å². The summed E-state index contributed by atoms with van der Waals surface area (Å²) in [5.74, 6) is -0.955. The van der Waals surface area contributed by atoms with Crippen LogP contribution in [-0.4, -0.2) is 34.0 Å². The molecule has 0 bridgehead atoms. The third-order valence-corrected chi connectivity index (χ3v) is 1.04. The van der Waals surface area contributed by atoms with E-state index in [1.807, 2.05) is 0 Å². The summed E-state index contributed by atoms with van der Waals surface area (Å²) >= 11 is 0. The Morgan fingerprint density at radius 3 is 2.23 bits per heavy atom. The molecule has 0 aromatic heterocycles. The predicted molar refractivity (Wildman–Crippen MR) is 42.7 cm³/mol. The number of carboxylic acid groups (broad SMARTS) is 1. The van der Waals surface area contributed by atoms with Crippen LogP contribution < -0.4 is 11.5 Å². The highest BCUT2D eigenvalue weighted by molar-refractivity contribution is 5.72. The maximum Gasteiger partial charge on any atom is 0.320 e. The fourth-order valence-corrected chi connectivity index (χ4v) is 0.461. The molecule has 8 heteroatoms. The Labute approximate surface area is 74.2 Å². The highest BCUT2D eigenvalue weighted by Crippen LogP contribution is 1.91. The Morgan fingerprint density at radius 1 is 1.62 bits per heavy atom. The van der Waals surface area contributed by atoms with E-state index in [-0.39, 0.29) is 0 Å². The SMILES string of the molecule is NCCC[C@H](N)C(=O)O.O=[N+]([O-])O. The monoisotopic (exact) mass is 195 g/mol. The van der Waals surface area contributed by atoms with E-state index in [1.54, 1.807) is 0 Å². The van der Waals surface area contributed by atoms with E-state index in [9.17, 15) is 4.79 Å². The highest BCUT2D eigenvalue weighted by Gasteiger charge is 2.08. The van der Waals surface area contributed by atoms with Crippen LogP contribution in [0.3, 0.4) is 0 Å². The minimum Gasteiger partial charge on any atom is -0.480 e. The van der Waals surface area contributed by atoms with E-state index in [1.165, 1.54) is 0 Å². The van der Waals surface area contributed by atoms with Gasteiger partial charge in [-0.05, 0) is 19.4 Å². The van der Waals surface area contributed by atoms with Crippen molar-refractivity contribution in [3.8, 4) is 0 Å². The first-order chi connectivity index (χ1) is 5.91. The zero-order valence-corrected chi connectivity index (χ0v) is 6.92. The van der Waals surface area contributed by atoms with Crippen molar-refractivity contribution in [3.63, 3.8) is 0 Å². The van der Waals surface area contributed by atoms with Crippen molar-refractivity contribution < 1.29 is 20.2 Å². The summed E-state index contributed by atoms with van der Waals surface area (Å²) in [5.41, 5.74) is 10.3. The van der Waals surface area contributed by atoms with Crippen molar-refractivity contribution in [2.45, 2.75) is 18.9 Å². The van der Waals surface area contributed by atoms with E-state index < -0.39 is 17.1 Å². The van der Waals surface area contributed by atoms with E-state index in [2.05, 4.69) is 0 Å². The van der Waals surface area contributed by atoms with Crippen molar-refractivity contribution in [2.75, 3.05) is 6.54 Å². The Hall–Kier alpha value is -1.41. The van der Waals surface area contributed by atoms with Crippen LogP contribution in [0.4, 0.5) is 0 Å². The normalized spacial score (nSPS) is 10.9. The van der Waals surface area contributed by atoms with Gasteiger partial charge in [-0.3, -0.25) is 4.79 Å². The minimum atomic E-state index is -1.50. The number of rotatable bonds is 4. The topological polar surface area (TPSA) is 153 Å². The Kier molecular flexibility index (Phi) is 9.44. The van der Waals surface area contributed by atoms with Crippen molar-refractivity contribution in [3.05, 3.63) is 10.1 Å². The van der Waals surface area contributed by atoms with Crippen molar-refractivity contribution in [1.82, 2.24) is 0 Å². The van der Waals surface area contributed by atoms with Crippen molar-refractivity contribution >= 4 is 5.97 Å². The lowest BCUT2D eigenvalue weighted by Crippen LogP contribution is -2.30. The summed E-state index contributed by atoms with van der Waals surface area (Å²) in [6, 6.07) is -0.742. The zero-order valence-electron chi connectivity index (χ0n) is 6.92. The number of hydrogen-bond donors (Lipinski definition) is 4. The van der Waals surface area contributed by atoms with E-state index in [4.69, 9.17) is 31.9 Å². The molecule has 0 saturated carbocycles. The molecule has 0 aliphatic carbocycles. The number of carboxylic acids is 1. The molecule has 78 valence electrons. The van der Waals surface area contributed by atoms with Gasteiger partial charge in [0.25, 0.3) is 5.09 Å². The third kappa shape index (κ3) is 18.0. The van der Waals surface area contributed by atoms with Gasteiger partial charge in [0.2, 0.25) is 0 Å². The molecule has 0 amide bonds. The summed E-state index contributed by atoms with van der Waals surface area (Å²) < 4.78 is 0. The summed E-state index contributed by atoms with van der Waals surface area (Å²) in [4.78, 5) is 18.4. The smallest absolute Gasteiger partial charge is 0.320 e. The van der Waals surface area contributed by atoms with Crippen LogP contribution in [0.5, 0.6) is 0 Å². The fraction of sp³-hybridized carbons (Fsp3) is 0.800. The Balaban J connectivity index is 0. The van der Waals surface area contributed by atoms with Gasteiger partial charge in [-0.2, -0.15) is 0 Å². The average Bonchev–Trinajstić information content (AvgIpc) is 1.98. The molecule has 0 fully saturated rings. The standard InChI is InChI=1S/C5H12N2O2.HNO3/c6-3-1-2-4(7)5(8)9;2-1(3)4/h4H,1-3,6-7H2,(H,8,9);(H,2,3,4)/t4-;/m0./s1. The minimum absolute atomic E-state index is 0.464. The fourth-order valence-electron chi connectivity index (χ4n) is 0.461. The van der Waals surface area contributed by atoms with Gasteiger partial charge in [-0.25, -0.2) is 0 Å². The third-order valence-electron chi connectivity index (χ3n) is 1.04. The van der Waals surface area contributed by atoms with Gasteiger partial charge < -0.3 is 21.8 Å². The van der Waals surface area contributed by atoms with Gasteiger partial charge in [0.1, 0.15) is 6.04 Å².